The number of nitrogens with zero attached hydrogens (tertiary/aromatic N) is 5. The van der Waals surface area contributed by atoms with Gasteiger partial charge in [-0.15, -0.1) is 0 Å². The average molecular weight is 450 g/mol. The number of nitriles is 1. The Kier molecular flexibility index (Phi) is 6.12. The smallest absolute Gasteiger partial charge is 0.410 e. The van der Waals surface area contributed by atoms with E-state index >= 15 is 0 Å². The Morgan fingerprint density at radius 2 is 2.06 bits per heavy atom. The lowest BCUT2D eigenvalue weighted by Gasteiger charge is -2.32. The predicted molar refractivity (Wildman–Crippen MR) is 120 cm³/mol. The maximum Gasteiger partial charge on any atom is 0.410 e. The molecule has 8 nitrogen and oxygen atoms in total. The van der Waals surface area contributed by atoms with Crippen LogP contribution in [0.2, 0.25) is 0 Å². The van der Waals surface area contributed by atoms with E-state index in [0.29, 0.717) is 30.3 Å². The lowest BCUT2D eigenvalue weighted by molar-refractivity contribution is 0.0186. The van der Waals surface area contributed by atoms with Crippen LogP contribution >= 0.6 is 0 Å². The molecule has 1 aromatic heterocycles. The number of hydrogen-bond acceptors (Lipinski definition) is 6. The molecule has 0 unspecified atom stereocenters. The van der Waals surface area contributed by atoms with Crippen LogP contribution in [0, 0.1) is 23.1 Å². The number of aromatic nitrogens is 2. The number of benzene rings is 1. The highest BCUT2D eigenvalue weighted by Gasteiger charge is 2.34. The maximum absolute atomic E-state index is 13.9. The third-order valence-corrected chi connectivity index (χ3v) is 5.49. The summed E-state index contributed by atoms with van der Waals surface area (Å²) in [5, 5.41) is 8.88. The van der Waals surface area contributed by atoms with Crippen LogP contribution in [0.4, 0.5) is 9.18 Å². The average Bonchev–Trinajstić information content (AvgIpc) is 3.17. The number of halogens is 1. The second-order valence-corrected chi connectivity index (χ2v) is 9.12. The van der Waals surface area contributed by atoms with Gasteiger partial charge < -0.3 is 14.4 Å². The minimum absolute atomic E-state index is 0.0508. The second kappa shape index (κ2) is 9.00. The summed E-state index contributed by atoms with van der Waals surface area (Å²) >= 11 is 0. The molecule has 0 spiro atoms. The molecule has 2 aliphatic rings. The number of fused-ring (bicyclic) bond motifs is 1. The van der Waals surface area contributed by atoms with Crippen molar-refractivity contribution in [1.29, 1.82) is 5.26 Å². The largest absolute Gasteiger partial charge is 0.444 e. The van der Waals surface area contributed by atoms with Crippen LogP contribution in [-0.2, 0) is 4.74 Å². The Bertz CT molecular complexity index is 1180. The zero-order valence-electron chi connectivity index (χ0n) is 18.8. The van der Waals surface area contributed by atoms with Crippen molar-refractivity contribution < 1.29 is 18.7 Å². The molecule has 0 N–H and O–H groups in total. The molecule has 0 saturated carbocycles. The molecule has 2 aliphatic heterocycles. The number of hydrogen-bond donors (Lipinski definition) is 0. The van der Waals surface area contributed by atoms with E-state index in [-0.39, 0.29) is 23.3 Å². The van der Waals surface area contributed by atoms with E-state index in [1.807, 2.05) is 20.8 Å². The van der Waals surface area contributed by atoms with Crippen molar-refractivity contribution in [2.24, 2.45) is 5.92 Å². The minimum atomic E-state index is -0.653. The van der Waals surface area contributed by atoms with Gasteiger partial charge in [0, 0.05) is 19.2 Å². The summed E-state index contributed by atoms with van der Waals surface area (Å²) in [5.74, 6) is 0.236. The van der Waals surface area contributed by atoms with Crippen molar-refractivity contribution in [3.63, 3.8) is 0 Å². The molecular weight excluding hydrogens is 425 g/mol. The third-order valence-electron chi connectivity index (χ3n) is 5.49. The molecular formula is C24H25FN5O3+. The predicted octanol–water partition coefficient (Wildman–Crippen LogP) is 3.61. The summed E-state index contributed by atoms with van der Waals surface area (Å²) in [6.07, 6.45) is 5.22. The van der Waals surface area contributed by atoms with E-state index in [4.69, 9.17) is 14.7 Å². The number of ether oxygens (including phenoxy) is 2. The molecule has 1 aromatic carbocycles. The summed E-state index contributed by atoms with van der Waals surface area (Å²) < 4.78 is 29.7. The van der Waals surface area contributed by atoms with E-state index in [0.717, 1.165) is 31.0 Å². The molecule has 4 rings (SSSR count). The summed E-state index contributed by atoms with van der Waals surface area (Å²) in [5.41, 5.74) is 1.63. The highest BCUT2D eigenvalue weighted by atomic mass is 19.1. The Morgan fingerprint density at radius 3 is 2.73 bits per heavy atom. The fourth-order valence-corrected chi connectivity index (χ4v) is 3.84. The van der Waals surface area contributed by atoms with E-state index in [1.165, 1.54) is 18.5 Å². The van der Waals surface area contributed by atoms with Crippen molar-refractivity contribution in [3.8, 4) is 17.7 Å². The Morgan fingerprint density at radius 1 is 1.30 bits per heavy atom. The van der Waals surface area contributed by atoms with Gasteiger partial charge in [0.25, 0.3) is 0 Å². The fourth-order valence-electron chi connectivity index (χ4n) is 3.84. The first kappa shape index (κ1) is 22.4. The lowest BCUT2D eigenvalue weighted by Crippen LogP contribution is -2.42. The van der Waals surface area contributed by atoms with Gasteiger partial charge in [-0.25, -0.2) is 19.2 Å². The Hall–Kier alpha value is -3.76. The standard InChI is InChI=1S/C24H25FN5O3/c1-24(2,3)33-23(31)30-8-6-15(7-9-30)10-20-21-18(13-27-20)22(29-14-28-21)32-17-5-4-16(12-26)19(25)11-17/h4-5,11,13-15H,6-10H2,1-3H3/q+1. The maximum atomic E-state index is 13.9. The van der Waals surface area contributed by atoms with Gasteiger partial charge in [0.15, 0.2) is 11.3 Å². The zero-order chi connectivity index (χ0) is 23.6. The second-order valence-electron chi connectivity index (χ2n) is 9.12. The lowest BCUT2D eigenvalue weighted by atomic mass is 9.90. The van der Waals surface area contributed by atoms with Crippen LogP contribution in [0.25, 0.3) is 0 Å². The number of likely N-dealkylation sites (tertiary alicyclic amines) is 1. The van der Waals surface area contributed by atoms with Crippen LogP contribution in [0.3, 0.4) is 0 Å². The molecule has 1 saturated heterocycles. The highest BCUT2D eigenvalue weighted by Crippen LogP contribution is 2.29. The molecule has 0 atom stereocenters. The number of rotatable bonds is 4. The van der Waals surface area contributed by atoms with Crippen LogP contribution < -0.4 is 9.40 Å². The molecule has 0 bridgehead atoms. The number of piperidine rings is 1. The molecule has 1 amide bonds. The van der Waals surface area contributed by atoms with Crippen LogP contribution in [0.1, 0.15) is 56.9 Å². The van der Waals surface area contributed by atoms with Gasteiger partial charge in [0.05, 0.1) is 12.0 Å². The van der Waals surface area contributed by atoms with Gasteiger partial charge in [-0.1, -0.05) is 4.67 Å². The van der Waals surface area contributed by atoms with E-state index in [9.17, 15) is 9.18 Å². The van der Waals surface area contributed by atoms with Crippen LogP contribution in [0.15, 0.2) is 24.5 Å². The van der Waals surface area contributed by atoms with Crippen LogP contribution in [-0.4, -0.2) is 51.6 Å². The van der Waals surface area contributed by atoms with Crippen LogP contribution in [0.5, 0.6) is 11.6 Å². The summed E-state index contributed by atoms with van der Waals surface area (Å²) in [4.78, 5) is 22.6. The first-order valence-electron chi connectivity index (χ1n) is 10.8. The first-order chi connectivity index (χ1) is 15.7. The van der Waals surface area contributed by atoms with Crippen molar-refractivity contribution in [2.75, 3.05) is 13.1 Å². The molecule has 2 aromatic rings. The Labute approximate surface area is 191 Å². The minimum Gasteiger partial charge on any atom is -0.444 e. The van der Waals surface area contributed by atoms with Crippen molar-refractivity contribution in [2.45, 2.75) is 45.6 Å². The summed E-state index contributed by atoms with van der Waals surface area (Å²) in [7, 11) is 0. The summed E-state index contributed by atoms with van der Waals surface area (Å²) in [6.45, 7) is 6.88. The van der Waals surface area contributed by atoms with Gasteiger partial charge in [0.2, 0.25) is 5.88 Å². The van der Waals surface area contributed by atoms with Gasteiger partial charge >= 0.3 is 18.0 Å². The van der Waals surface area contributed by atoms with E-state index in [1.54, 1.807) is 17.2 Å². The monoisotopic (exact) mass is 450 g/mol. The molecule has 1 fully saturated rings. The number of amides is 1. The fraction of sp³-hybridized carbons (Fsp3) is 0.417. The molecule has 170 valence electrons. The van der Waals surface area contributed by atoms with Gasteiger partial charge in [-0.2, -0.15) is 5.26 Å². The third kappa shape index (κ3) is 5.18. The molecule has 0 radical (unpaired) electrons. The molecule has 9 heteroatoms. The highest BCUT2D eigenvalue weighted by molar-refractivity contribution is 6.11. The van der Waals surface area contributed by atoms with E-state index < -0.39 is 11.4 Å². The van der Waals surface area contributed by atoms with E-state index in [2.05, 4.69) is 14.6 Å². The topological polar surface area (TPSA) is 102 Å². The quantitative estimate of drug-likeness (QED) is 0.660. The summed E-state index contributed by atoms with van der Waals surface area (Å²) in [6, 6.07) is 5.82. The van der Waals surface area contributed by atoms with Crippen molar-refractivity contribution >= 4 is 18.0 Å². The van der Waals surface area contributed by atoms with Gasteiger partial charge in [0.1, 0.15) is 29.6 Å². The van der Waals surface area contributed by atoms with Gasteiger partial charge in [-0.3, -0.25) is 0 Å². The normalized spacial score (nSPS) is 15.6. The first-order valence-corrected chi connectivity index (χ1v) is 10.8. The molecule has 0 aliphatic carbocycles. The SMILES string of the molecule is CC(C)(C)OC(=O)N1CCC(CC2=[N+]=Cc3c(Oc4ccc(C#N)c(F)c4)ncnc32)CC1. The van der Waals surface area contributed by atoms with Crippen molar-refractivity contribution in [3.05, 3.63) is 47.2 Å². The zero-order valence-corrected chi connectivity index (χ0v) is 18.8. The molecule has 33 heavy (non-hydrogen) atoms. The number of carbonyl (C=O) groups excluding carboxylic acids is 1. The van der Waals surface area contributed by atoms with Gasteiger partial charge in [-0.05, 0) is 51.7 Å². The van der Waals surface area contributed by atoms with Crippen molar-refractivity contribution in [1.82, 2.24) is 19.5 Å². The molecule has 3 heterocycles. The Balaban J connectivity index is 1.39. The number of carbonyl (C=O) groups is 1.